The summed E-state index contributed by atoms with van der Waals surface area (Å²) in [6, 6.07) is 8.27. The van der Waals surface area contributed by atoms with E-state index in [2.05, 4.69) is 48.2 Å². The SMILES string of the molecule is C=CC(OCCCC)c1ccccc1I. The second kappa shape index (κ2) is 7.01. The molecule has 0 spiro atoms. The normalized spacial score (nSPS) is 12.4. The zero-order chi connectivity index (χ0) is 11.1. The van der Waals surface area contributed by atoms with Gasteiger partial charge in [0.15, 0.2) is 0 Å². The first-order chi connectivity index (χ1) is 7.29. The number of hydrogen-bond donors (Lipinski definition) is 0. The van der Waals surface area contributed by atoms with E-state index in [4.69, 9.17) is 4.74 Å². The van der Waals surface area contributed by atoms with Crippen LogP contribution in [0, 0.1) is 3.57 Å². The quantitative estimate of drug-likeness (QED) is 0.431. The van der Waals surface area contributed by atoms with E-state index in [-0.39, 0.29) is 6.10 Å². The van der Waals surface area contributed by atoms with E-state index < -0.39 is 0 Å². The van der Waals surface area contributed by atoms with Crippen molar-refractivity contribution < 1.29 is 4.74 Å². The van der Waals surface area contributed by atoms with Crippen molar-refractivity contribution >= 4 is 22.6 Å². The zero-order valence-corrected chi connectivity index (χ0v) is 11.2. The molecule has 0 aliphatic heterocycles. The molecular weight excluding hydrogens is 299 g/mol. The smallest absolute Gasteiger partial charge is 0.101 e. The first kappa shape index (κ1) is 12.7. The van der Waals surface area contributed by atoms with E-state index in [1.807, 2.05) is 18.2 Å². The van der Waals surface area contributed by atoms with Gasteiger partial charge in [-0.1, -0.05) is 37.6 Å². The Morgan fingerprint density at radius 1 is 1.47 bits per heavy atom. The van der Waals surface area contributed by atoms with Gasteiger partial charge in [-0.2, -0.15) is 0 Å². The predicted octanol–water partition coefficient (Wildman–Crippen LogP) is 4.34. The van der Waals surface area contributed by atoms with Gasteiger partial charge in [0.25, 0.3) is 0 Å². The van der Waals surface area contributed by atoms with Gasteiger partial charge in [0, 0.05) is 10.2 Å². The lowest BCUT2D eigenvalue weighted by Gasteiger charge is -2.15. The Balaban J connectivity index is 2.66. The summed E-state index contributed by atoms with van der Waals surface area (Å²) in [5, 5.41) is 0. The highest BCUT2D eigenvalue weighted by Gasteiger charge is 2.09. The average molecular weight is 316 g/mol. The van der Waals surface area contributed by atoms with Gasteiger partial charge in [-0.3, -0.25) is 0 Å². The summed E-state index contributed by atoms with van der Waals surface area (Å²) >= 11 is 2.33. The molecule has 0 saturated heterocycles. The van der Waals surface area contributed by atoms with Crippen LogP contribution in [0.3, 0.4) is 0 Å². The van der Waals surface area contributed by atoms with Crippen LogP contribution in [0.1, 0.15) is 31.4 Å². The van der Waals surface area contributed by atoms with E-state index in [0.29, 0.717) is 0 Å². The van der Waals surface area contributed by atoms with Gasteiger partial charge in [0.05, 0.1) is 0 Å². The van der Waals surface area contributed by atoms with Crippen molar-refractivity contribution in [1.82, 2.24) is 0 Å². The number of unbranched alkanes of at least 4 members (excludes halogenated alkanes) is 1. The number of rotatable bonds is 6. The molecule has 0 saturated carbocycles. The molecule has 2 heteroatoms. The second-order valence-corrected chi connectivity index (χ2v) is 4.56. The fraction of sp³-hybridized carbons (Fsp3) is 0.385. The maximum absolute atomic E-state index is 5.78. The van der Waals surface area contributed by atoms with Crippen molar-refractivity contribution in [3.63, 3.8) is 0 Å². The second-order valence-electron chi connectivity index (χ2n) is 3.40. The third-order valence-corrected chi connectivity index (χ3v) is 3.20. The van der Waals surface area contributed by atoms with Crippen molar-refractivity contribution in [1.29, 1.82) is 0 Å². The Kier molecular flexibility index (Phi) is 5.95. The summed E-state index contributed by atoms with van der Waals surface area (Å²) in [6.07, 6.45) is 4.17. The number of benzene rings is 1. The standard InChI is InChI=1S/C13H17IO/c1-3-5-10-15-13(4-2)11-8-6-7-9-12(11)14/h4,6-9,13H,2-3,5,10H2,1H3. The third kappa shape index (κ3) is 3.95. The van der Waals surface area contributed by atoms with Crippen molar-refractivity contribution in [3.05, 3.63) is 46.1 Å². The molecule has 1 aromatic carbocycles. The van der Waals surface area contributed by atoms with Gasteiger partial charge in [-0.15, -0.1) is 6.58 Å². The molecule has 0 aliphatic rings. The molecule has 1 nitrogen and oxygen atoms in total. The molecule has 82 valence electrons. The van der Waals surface area contributed by atoms with Crippen LogP contribution in [0.2, 0.25) is 0 Å². The minimum atomic E-state index is 0.0321. The lowest BCUT2D eigenvalue weighted by atomic mass is 10.1. The zero-order valence-electron chi connectivity index (χ0n) is 9.08. The van der Waals surface area contributed by atoms with Crippen LogP contribution in [-0.2, 0) is 4.74 Å². The van der Waals surface area contributed by atoms with Gasteiger partial charge in [-0.05, 0) is 40.6 Å². The van der Waals surface area contributed by atoms with Crippen LogP contribution in [-0.4, -0.2) is 6.61 Å². The molecule has 0 bridgehead atoms. The largest absolute Gasteiger partial charge is 0.369 e. The summed E-state index contributed by atoms with van der Waals surface area (Å²) < 4.78 is 7.01. The molecule has 1 rings (SSSR count). The molecule has 0 N–H and O–H groups in total. The lowest BCUT2D eigenvalue weighted by molar-refractivity contribution is 0.0827. The fourth-order valence-electron chi connectivity index (χ4n) is 1.35. The van der Waals surface area contributed by atoms with E-state index in [9.17, 15) is 0 Å². The molecule has 1 unspecified atom stereocenters. The Hall–Kier alpha value is -0.350. The van der Waals surface area contributed by atoms with Gasteiger partial charge in [-0.25, -0.2) is 0 Å². The molecular formula is C13H17IO. The van der Waals surface area contributed by atoms with E-state index in [1.54, 1.807) is 0 Å². The van der Waals surface area contributed by atoms with Crippen LogP contribution >= 0.6 is 22.6 Å². The monoisotopic (exact) mass is 316 g/mol. The molecule has 1 aromatic rings. The van der Waals surface area contributed by atoms with Crippen molar-refractivity contribution in [2.45, 2.75) is 25.9 Å². The topological polar surface area (TPSA) is 9.23 Å². The van der Waals surface area contributed by atoms with Crippen LogP contribution in [0.15, 0.2) is 36.9 Å². The predicted molar refractivity (Wildman–Crippen MR) is 73.0 cm³/mol. The van der Waals surface area contributed by atoms with Crippen molar-refractivity contribution in [3.8, 4) is 0 Å². The van der Waals surface area contributed by atoms with Crippen molar-refractivity contribution in [2.75, 3.05) is 6.61 Å². The highest BCUT2D eigenvalue weighted by Crippen LogP contribution is 2.23. The highest BCUT2D eigenvalue weighted by molar-refractivity contribution is 14.1. The minimum absolute atomic E-state index is 0.0321. The van der Waals surface area contributed by atoms with Gasteiger partial charge >= 0.3 is 0 Å². The first-order valence-electron chi connectivity index (χ1n) is 5.28. The lowest BCUT2D eigenvalue weighted by Crippen LogP contribution is -2.04. The summed E-state index contributed by atoms with van der Waals surface area (Å²) in [4.78, 5) is 0. The summed E-state index contributed by atoms with van der Waals surface area (Å²) in [6.45, 7) is 6.80. The Bertz CT molecular complexity index is 309. The molecule has 0 aliphatic carbocycles. The van der Waals surface area contributed by atoms with Crippen LogP contribution in [0.4, 0.5) is 0 Å². The Morgan fingerprint density at radius 2 is 2.20 bits per heavy atom. The highest BCUT2D eigenvalue weighted by atomic mass is 127. The number of hydrogen-bond acceptors (Lipinski definition) is 1. The number of halogens is 1. The van der Waals surface area contributed by atoms with Crippen LogP contribution in [0.5, 0.6) is 0 Å². The molecule has 15 heavy (non-hydrogen) atoms. The molecule has 1 atom stereocenters. The summed E-state index contributed by atoms with van der Waals surface area (Å²) in [5.74, 6) is 0. The molecule has 0 amide bonds. The summed E-state index contributed by atoms with van der Waals surface area (Å²) in [7, 11) is 0. The Morgan fingerprint density at radius 3 is 2.80 bits per heavy atom. The van der Waals surface area contributed by atoms with Gasteiger partial charge in [0.1, 0.15) is 6.10 Å². The van der Waals surface area contributed by atoms with Gasteiger partial charge < -0.3 is 4.74 Å². The molecule has 0 heterocycles. The van der Waals surface area contributed by atoms with E-state index in [1.165, 1.54) is 9.13 Å². The average Bonchev–Trinajstić information content (AvgIpc) is 2.26. The van der Waals surface area contributed by atoms with Crippen molar-refractivity contribution in [2.24, 2.45) is 0 Å². The maximum Gasteiger partial charge on any atom is 0.101 e. The van der Waals surface area contributed by atoms with Gasteiger partial charge in [0.2, 0.25) is 0 Å². The van der Waals surface area contributed by atoms with E-state index >= 15 is 0 Å². The maximum atomic E-state index is 5.78. The van der Waals surface area contributed by atoms with E-state index in [0.717, 1.165) is 19.4 Å². The minimum Gasteiger partial charge on any atom is -0.369 e. The molecule has 0 radical (unpaired) electrons. The Labute approximate surface area is 106 Å². The fourth-order valence-corrected chi connectivity index (χ4v) is 2.04. The number of ether oxygens (including phenoxy) is 1. The van der Waals surface area contributed by atoms with Crippen LogP contribution in [0.25, 0.3) is 0 Å². The van der Waals surface area contributed by atoms with Crippen LogP contribution < -0.4 is 0 Å². The first-order valence-corrected chi connectivity index (χ1v) is 6.36. The molecule has 0 aromatic heterocycles. The summed E-state index contributed by atoms with van der Waals surface area (Å²) in [5.41, 5.74) is 1.21. The molecule has 0 fully saturated rings. The third-order valence-electron chi connectivity index (χ3n) is 2.22.